The Balaban J connectivity index is 1.36. The lowest BCUT2D eigenvalue weighted by molar-refractivity contribution is -0.126. The van der Waals surface area contributed by atoms with Crippen molar-refractivity contribution < 1.29 is 4.79 Å². The zero-order valence-electron chi connectivity index (χ0n) is 14.8. The fraction of sp³-hybridized carbons (Fsp3) is 0.227. The van der Waals surface area contributed by atoms with Crippen molar-refractivity contribution in [3.8, 4) is 6.07 Å². The molecule has 134 valence electrons. The Kier molecular flexibility index (Phi) is 4.99. The molecule has 1 fully saturated rings. The number of thiazole rings is 1. The van der Waals surface area contributed by atoms with Gasteiger partial charge >= 0.3 is 0 Å². The first-order valence-electron chi connectivity index (χ1n) is 9.05. The minimum atomic E-state index is 0.0436. The van der Waals surface area contributed by atoms with E-state index >= 15 is 0 Å². The van der Waals surface area contributed by atoms with Crippen LogP contribution in [-0.2, 0) is 4.79 Å². The van der Waals surface area contributed by atoms with Gasteiger partial charge in [-0.1, -0.05) is 24.3 Å². The molecule has 0 bridgehead atoms. The molecule has 0 unspecified atom stereocenters. The van der Waals surface area contributed by atoms with Gasteiger partial charge in [-0.3, -0.25) is 4.79 Å². The molecule has 3 aromatic rings. The highest BCUT2D eigenvalue weighted by Gasteiger charge is 2.24. The zero-order valence-corrected chi connectivity index (χ0v) is 15.7. The van der Waals surface area contributed by atoms with Crippen LogP contribution in [0.5, 0.6) is 0 Å². The van der Waals surface area contributed by atoms with Crippen molar-refractivity contribution in [2.75, 3.05) is 13.1 Å². The molecule has 1 aromatic heterocycles. The number of hydrogen-bond donors (Lipinski definition) is 0. The van der Waals surface area contributed by atoms with Gasteiger partial charge in [0.05, 0.1) is 26.9 Å². The molecule has 5 heteroatoms. The summed E-state index contributed by atoms with van der Waals surface area (Å²) in [6, 6.07) is 17.5. The molecule has 4 rings (SSSR count). The van der Waals surface area contributed by atoms with E-state index in [1.54, 1.807) is 29.5 Å². The Labute approximate surface area is 162 Å². The molecular formula is C22H19N3OS. The third-order valence-corrected chi connectivity index (χ3v) is 6.12. The first-order chi connectivity index (χ1) is 13.2. The van der Waals surface area contributed by atoms with E-state index in [2.05, 4.69) is 18.2 Å². The van der Waals surface area contributed by atoms with Crippen LogP contribution < -0.4 is 0 Å². The number of aromatic nitrogens is 1. The van der Waals surface area contributed by atoms with Gasteiger partial charge in [0.2, 0.25) is 5.91 Å². The van der Waals surface area contributed by atoms with Crippen molar-refractivity contribution in [3.05, 3.63) is 70.7 Å². The van der Waals surface area contributed by atoms with Crippen LogP contribution in [0.2, 0.25) is 0 Å². The van der Waals surface area contributed by atoms with Gasteiger partial charge in [0.25, 0.3) is 0 Å². The van der Waals surface area contributed by atoms with Gasteiger partial charge in [-0.2, -0.15) is 5.26 Å². The van der Waals surface area contributed by atoms with E-state index in [4.69, 9.17) is 10.2 Å². The summed E-state index contributed by atoms with van der Waals surface area (Å²) < 4.78 is 1.23. The average Bonchev–Trinajstić information content (AvgIpc) is 3.17. The van der Waals surface area contributed by atoms with E-state index in [9.17, 15) is 4.79 Å². The monoisotopic (exact) mass is 373 g/mol. The summed E-state index contributed by atoms with van der Waals surface area (Å²) in [5, 5.41) is 10.0. The van der Waals surface area contributed by atoms with Crippen LogP contribution in [0.3, 0.4) is 0 Å². The number of benzene rings is 2. The van der Waals surface area contributed by atoms with Crippen LogP contribution in [0.25, 0.3) is 16.3 Å². The van der Waals surface area contributed by atoms with Crippen molar-refractivity contribution in [2.45, 2.75) is 18.8 Å². The van der Waals surface area contributed by atoms with Crippen LogP contribution in [0.1, 0.15) is 34.9 Å². The second kappa shape index (κ2) is 7.73. The van der Waals surface area contributed by atoms with Crippen LogP contribution in [-0.4, -0.2) is 28.9 Å². The molecule has 0 atom stereocenters. The number of carbonyl (C=O) groups excluding carboxylic acids is 1. The molecule has 1 amide bonds. The first-order valence-corrected chi connectivity index (χ1v) is 9.87. The number of amides is 1. The minimum absolute atomic E-state index is 0.0436. The Morgan fingerprint density at radius 2 is 1.89 bits per heavy atom. The smallest absolute Gasteiger partial charge is 0.246 e. The predicted octanol–water partition coefficient (Wildman–Crippen LogP) is 4.59. The maximum Gasteiger partial charge on any atom is 0.246 e. The lowest BCUT2D eigenvalue weighted by Crippen LogP contribution is -2.36. The SMILES string of the molecule is N#Cc1ccc(/C=C/C(=O)N2CCC(c3nc4ccccc4s3)CC2)cc1. The summed E-state index contributed by atoms with van der Waals surface area (Å²) in [6.07, 6.45) is 5.34. The van der Waals surface area contributed by atoms with E-state index in [1.165, 1.54) is 9.71 Å². The van der Waals surface area contributed by atoms with Gasteiger partial charge < -0.3 is 4.90 Å². The number of nitrogens with zero attached hydrogens (tertiary/aromatic N) is 3. The number of likely N-dealkylation sites (tertiary alicyclic amines) is 1. The van der Waals surface area contributed by atoms with E-state index in [0.717, 1.165) is 37.0 Å². The number of hydrogen-bond acceptors (Lipinski definition) is 4. The number of piperidine rings is 1. The van der Waals surface area contributed by atoms with Crippen LogP contribution in [0, 0.1) is 11.3 Å². The molecule has 2 aromatic carbocycles. The van der Waals surface area contributed by atoms with Gasteiger partial charge in [-0.05, 0) is 48.7 Å². The molecule has 1 aliphatic rings. The lowest BCUT2D eigenvalue weighted by Gasteiger charge is -2.30. The molecule has 2 heterocycles. The molecule has 0 spiro atoms. The molecule has 0 aliphatic carbocycles. The molecule has 27 heavy (non-hydrogen) atoms. The molecule has 1 saturated heterocycles. The summed E-state index contributed by atoms with van der Waals surface area (Å²) in [5.41, 5.74) is 2.61. The number of para-hydroxylation sites is 1. The fourth-order valence-electron chi connectivity index (χ4n) is 3.35. The van der Waals surface area contributed by atoms with Gasteiger partial charge in [-0.15, -0.1) is 11.3 Å². The number of rotatable bonds is 3. The standard InChI is InChI=1S/C22H19N3OS/c23-15-17-7-5-16(6-8-17)9-10-21(26)25-13-11-18(12-14-25)22-24-19-3-1-2-4-20(19)27-22/h1-10,18H,11-14H2/b10-9+. The second-order valence-electron chi connectivity index (χ2n) is 6.69. The van der Waals surface area contributed by atoms with Crippen molar-refractivity contribution >= 4 is 33.5 Å². The third kappa shape index (κ3) is 3.91. The summed E-state index contributed by atoms with van der Waals surface area (Å²) in [7, 11) is 0. The average molecular weight is 373 g/mol. The van der Waals surface area contributed by atoms with Gasteiger partial charge in [0.1, 0.15) is 0 Å². The second-order valence-corrected chi connectivity index (χ2v) is 7.75. The summed E-state index contributed by atoms with van der Waals surface area (Å²) >= 11 is 1.77. The minimum Gasteiger partial charge on any atom is -0.339 e. The van der Waals surface area contributed by atoms with Gasteiger partial charge in [-0.25, -0.2) is 4.98 Å². The molecule has 4 nitrogen and oxygen atoms in total. The maximum atomic E-state index is 12.5. The Bertz CT molecular complexity index is 989. The van der Waals surface area contributed by atoms with Crippen molar-refractivity contribution in [2.24, 2.45) is 0 Å². The number of fused-ring (bicyclic) bond motifs is 1. The quantitative estimate of drug-likeness (QED) is 0.631. The highest BCUT2D eigenvalue weighted by atomic mass is 32.1. The van der Waals surface area contributed by atoms with Gasteiger partial charge in [0, 0.05) is 25.1 Å². The maximum absolute atomic E-state index is 12.5. The van der Waals surface area contributed by atoms with E-state index in [0.29, 0.717) is 11.5 Å². The van der Waals surface area contributed by atoms with Crippen LogP contribution >= 0.6 is 11.3 Å². The highest BCUT2D eigenvalue weighted by molar-refractivity contribution is 7.18. The predicted molar refractivity (Wildman–Crippen MR) is 108 cm³/mol. The normalized spacial score (nSPS) is 15.3. The topological polar surface area (TPSA) is 57.0 Å². The third-order valence-electron chi connectivity index (χ3n) is 4.92. The van der Waals surface area contributed by atoms with E-state index in [1.807, 2.05) is 35.2 Å². The number of nitriles is 1. The molecular weight excluding hydrogens is 354 g/mol. The Hall–Kier alpha value is -2.97. The summed E-state index contributed by atoms with van der Waals surface area (Å²) in [4.78, 5) is 19.1. The Morgan fingerprint density at radius 3 is 2.59 bits per heavy atom. The van der Waals surface area contributed by atoms with Crippen molar-refractivity contribution in [3.63, 3.8) is 0 Å². The zero-order chi connectivity index (χ0) is 18.6. The molecule has 0 N–H and O–H groups in total. The summed E-state index contributed by atoms with van der Waals surface area (Å²) in [5.74, 6) is 0.482. The molecule has 1 aliphatic heterocycles. The summed E-state index contributed by atoms with van der Waals surface area (Å²) in [6.45, 7) is 1.52. The van der Waals surface area contributed by atoms with E-state index < -0.39 is 0 Å². The highest BCUT2D eigenvalue weighted by Crippen LogP contribution is 2.33. The fourth-order valence-corrected chi connectivity index (χ4v) is 4.49. The van der Waals surface area contributed by atoms with Crippen molar-refractivity contribution in [1.82, 2.24) is 9.88 Å². The van der Waals surface area contributed by atoms with Crippen molar-refractivity contribution in [1.29, 1.82) is 5.26 Å². The van der Waals surface area contributed by atoms with Gasteiger partial charge in [0.15, 0.2) is 0 Å². The Morgan fingerprint density at radius 1 is 1.15 bits per heavy atom. The van der Waals surface area contributed by atoms with Crippen LogP contribution in [0.15, 0.2) is 54.6 Å². The van der Waals surface area contributed by atoms with E-state index in [-0.39, 0.29) is 5.91 Å². The largest absolute Gasteiger partial charge is 0.339 e. The van der Waals surface area contributed by atoms with Crippen LogP contribution in [0.4, 0.5) is 0 Å². The lowest BCUT2D eigenvalue weighted by atomic mass is 9.97. The molecule has 0 radical (unpaired) electrons. The number of carbonyl (C=O) groups is 1. The molecule has 0 saturated carbocycles. The first kappa shape index (κ1) is 17.4.